The van der Waals surface area contributed by atoms with Crippen molar-refractivity contribution in [3.8, 4) is 0 Å². The van der Waals surface area contributed by atoms with Crippen LogP contribution in [0.25, 0.3) is 0 Å². The second-order valence-corrected chi connectivity index (χ2v) is 9.59. The van der Waals surface area contributed by atoms with E-state index in [0.29, 0.717) is 0 Å². The van der Waals surface area contributed by atoms with Gasteiger partial charge in [0, 0.05) is 13.1 Å². The molecule has 1 unspecified atom stereocenters. The fourth-order valence-corrected chi connectivity index (χ4v) is 4.19. The van der Waals surface area contributed by atoms with Gasteiger partial charge in [-0.05, 0) is 25.2 Å². The van der Waals surface area contributed by atoms with Crippen molar-refractivity contribution < 1.29 is 51.4 Å². The summed E-state index contributed by atoms with van der Waals surface area (Å²) >= 11 is 0. The molecule has 0 radical (unpaired) electrons. The van der Waals surface area contributed by atoms with E-state index >= 15 is 0 Å². The third-order valence-corrected chi connectivity index (χ3v) is 6.56. The maximum atomic E-state index is 6.34. The molecule has 0 saturated heterocycles. The molecule has 0 aliphatic rings. The Morgan fingerprint density at radius 2 is 0.879 bits per heavy atom. The third kappa shape index (κ3) is 31.2. The van der Waals surface area contributed by atoms with E-state index in [2.05, 4.69) is 32.8 Å². The summed E-state index contributed by atoms with van der Waals surface area (Å²) < 4.78 is 0. The summed E-state index contributed by atoms with van der Waals surface area (Å²) in [4.78, 5) is 6.34. The second-order valence-electron chi connectivity index (χ2n) is 9.59. The zero-order valence-corrected chi connectivity index (χ0v) is 26.0. The van der Waals surface area contributed by atoms with E-state index in [-0.39, 0.29) is 46.5 Å². The van der Waals surface area contributed by atoms with Crippen molar-refractivity contribution in [3.05, 3.63) is 0 Å². The van der Waals surface area contributed by atoms with Gasteiger partial charge in [0.2, 0.25) is 0 Å². The minimum Gasteiger partial charge on any atom is -1.00 e. The van der Waals surface area contributed by atoms with Crippen LogP contribution in [0.1, 0.15) is 156 Å². The molecular weight excluding hydrogens is 485 g/mol. The summed E-state index contributed by atoms with van der Waals surface area (Å²) in [7, 11) is 0. The van der Waals surface area contributed by atoms with Crippen LogP contribution in [-0.4, -0.2) is 24.8 Å². The first kappa shape index (κ1) is 41.3. The van der Waals surface area contributed by atoms with Crippen molar-refractivity contribution in [3.63, 3.8) is 0 Å². The number of rotatable bonds is 25. The van der Waals surface area contributed by atoms with Gasteiger partial charge in [-0.2, -0.15) is 5.06 Å². The van der Waals surface area contributed by atoms with Crippen LogP contribution in [0.3, 0.4) is 0 Å². The predicted octanol–water partition coefficient (Wildman–Crippen LogP) is 3.72. The molecule has 33 heavy (non-hydrogen) atoms. The Balaban J connectivity index is -0.00000140. The van der Waals surface area contributed by atoms with Gasteiger partial charge in [-0.1, -0.05) is 137 Å². The Hall–Kier alpha value is 1.21. The summed E-state index contributed by atoms with van der Waals surface area (Å²) in [5.74, 6) is 0.740. The van der Waals surface area contributed by atoms with Gasteiger partial charge in [-0.15, -0.1) is 0 Å². The molecule has 0 aromatic rings. The molecule has 0 aliphatic carbocycles. The minimum atomic E-state index is 0. The molecule has 5 heteroatoms. The summed E-state index contributed by atoms with van der Waals surface area (Å²) in [6.45, 7) is 12.4. The van der Waals surface area contributed by atoms with Gasteiger partial charge >= 0.3 is 21.7 Å². The van der Waals surface area contributed by atoms with Crippen molar-refractivity contribution in [1.82, 2.24) is 5.06 Å². The quantitative estimate of drug-likeness (QED) is 0.0988. The molecule has 0 saturated carbocycles. The van der Waals surface area contributed by atoms with E-state index in [4.69, 9.17) is 4.84 Å². The molecule has 0 aromatic carbocycles. The number of halogens is 2. The molecule has 2 nitrogen and oxygen atoms in total. The van der Waals surface area contributed by atoms with Crippen LogP contribution in [0.5, 0.6) is 0 Å². The monoisotopic (exact) mass is 543 g/mol. The van der Waals surface area contributed by atoms with E-state index in [1.54, 1.807) is 0 Å². The molecular formula is C28H59Cl2NOTi. The molecule has 0 aliphatic heterocycles. The van der Waals surface area contributed by atoms with Crippen molar-refractivity contribution in [2.24, 2.45) is 5.92 Å². The molecule has 0 aromatic heterocycles. The standard InChI is InChI=1S/C28H59NO.2ClH.Ti/c1-5-9-12-14-16-18-20-22-25-29(30-27-28(8-4)24-11-7-3)26-23-21-19-17-15-13-10-6-2;;;/h28H,5-27H2,1-4H3;2*1H;/q;;;+2/p-2. The molecule has 0 amide bonds. The molecule has 0 heterocycles. The van der Waals surface area contributed by atoms with Crippen molar-refractivity contribution >= 4 is 0 Å². The largest absolute Gasteiger partial charge is 2.00 e. The number of hydrogen-bond donors (Lipinski definition) is 0. The van der Waals surface area contributed by atoms with E-state index in [1.165, 1.54) is 128 Å². The van der Waals surface area contributed by atoms with Gasteiger partial charge in [-0.25, -0.2) is 0 Å². The van der Waals surface area contributed by atoms with Crippen LogP contribution in [0.4, 0.5) is 0 Å². The first-order valence-corrected chi connectivity index (χ1v) is 14.2. The SMILES string of the molecule is CCCCCCCCCCN(CCCCCCCCCC)OCC(CC)CCCC.[Cl-].[Cl-].[Ti+2]. The van der Waals surface area contributed by atoms with Gasteiger partial charge in [-0.3, -0.25) is 4.84 Å². The topological polar surface area (TPSA) is 12.5 Å². The average molecular weight is 545 g/mol. The fourth-order valence-electron chi connectivity index (χ4n) is 4.19. The number of unbranched alkanes of at least 4 members (excludes halogenated alkanes) is 15. The molecule has 200 valence electrons. The van der Waals surface area contributed by atoms with Gasteiger partial charge in [0.15, 0.2) is 0 Å². The van der Waals surface area contributed by atoms with Crippen LogP contribution in [-0.2, 0) is 26.6 Å². The van der Waals surface area contributed by atoms with Crippen LogP contribution in [0.15, 0.2) is 0 Å². The summed E-state index contributed by atoms with van der Waals surface area (Å²) in [5.41, 5.74) is 0. The van der Waals surface area contributed by atoms with Gasteiger partial charge in [0.25, 0.3) is 0 Å². The summed E-state index contributed by atoms with van der Waals surface area (Å²) in [6, 6.07) is 0. The number of hydroxylamine groups is 2. The molecule has 0 spiro atoms. The Bertz CT molecular complexity index is 304. The van der Waals surface area contributed by atoms with E-state index in [1.807, 2.05) is 0 Å². The van der Waals surface area contributed by atoms with Crippen molar-refractivity contribution in [2.75, 3.05) is 19.7 Å². The first-order valence-electron chi connectivity index (χ1n) is 14.2. The van der Waals surface area contributed by atoms with Crippen LogP contribution in [0.2, 0.25) is 0 Å². The van der Waals surface area contributed by atoms with Crippen LogP contribution < -0.4 is 24.8 Å². The summed E-state index contributed by atoms with van der Waals surface area (Å²) in [6.07, 6.45) is 27.5. The molecule has 0 rings (SSSR count). The predicted molar refractivity (Wildman–Crippen MR) is 136 cm³/mol. The minimum absolute atomic E-state index is 0. The smallest absolute Gasteiger partial charge is 1.00 e. The van der Waals surface area contributed by atoms with Crippen LogP contribution >= 0.6 is 0 Å². The van der Waals surface area contributed by atoms with Crippen molar-refractivity contribution in [2.45, 2.75) is 156 Å². The molecule has 0 fully saturated rings. The van der Waals surface area contributed by atoms with Crippen molar-refractivity contribution in [1.29, 1.82) is 0 Å². The molecule has 0 bridgehead atoms. The second kappa shape index (κ2) is 35.4. The van der Waals surface area contributed by atoms with Crippen LogP contribution in [0, 0.1) is 5.92 Å². The first-order chi connectivity index (χ1) is 14.8. The zero-order chi connectivity index (χ0) is 22.1. The fraction of sp³-hybridized carbons (Fsp3) is 1.00. The Kier molecular flexibility index (Phi) is 44.3. The molecule has 0 N–H and O–H groups in total. The van der Waals surface area contributed by atoms with E-state index in [9.17, 15) is 0 Å². The Labute approximate surface area is 237 Å². The summed E-state index contributed by atoms with van der Waals surface area (Å²) in [5, 5.41) is 2.34. The van der Waals surface area contributed by atoms with Gasteiger partial charge < -0.3 is 24.8 Å². The maximum absolute atomic E-state index is 6.34. The van der Waals surface area contributed by atoms with Gasteiger partial charge in [0.1, 0.15) is 0 Å². The Morgan fingerprint density at radius 1 is 0.515 bits per heavy atom. The van der Waals surface area contributed by atoms with Gasteiger partial charge in [0.05, 0.1) is 6.61 Å². The normalized spacial score (nSPS) is 11.5. The molecule has 1 atom stereocenters. The maximum Gasteiger partial charge on any atom is 2.00 e. The Morgan fingerprint density at radius 3 is 1.24 bits per heavy atom. The average Bonchev–Trinajstić information content (AvgIpc) is 2.76. The van der Waals surface area contributed by atoms with E-state index < -0.39 is 0 Å². The third-order valence-electron chi connectivity index (χ3n) is 6.56. The zero-order valence-electron chi connectivity index (χ0n) is 23.0. The number of hydrogen-bond acceptors (Lipinski definition) is 2. The van der Waals surface area contributed by atoms with E-state index in [0.717, 1.165) is 25.6 Å². The number of nitrogens with zero attached hydrogens (tertiary/aromatic N) is 1.